The zero-order chi connectivity index (χ0) is 8.97. The van der Waals surface area contributed by atoms with E-state index >= 15 is 0 Å². The summed E-state index contributed by atoms with van der Waals surface area (Å²) in [7, 11) is 0. The molecule has 0 N–H and O–H groups in total. The predicted octanol–water partition coefficient (Wildman–Crippen LogP) is 3.10. The molecule has 1 rings (SSSR count). The van der Waals surface area contributed by atoms with Crippen molar-refractivity contribution in [2.24, 2.45) is 5.92 Å². The first kappa shape index (κ1) is 9.50. The molecule has 1 heteroatoms. The van der Waals surface area contributed by atoms with Gasteiger partial charge in [-0.3, -0.25) is 4.79 Å². The molecular formula is C11H18O. The smallest absolute Gasteiger partial charge is 0.140 e. The fraction of sp³-hybridized carbons (Fsp3) is 0.727. The highest BCUT2D eigenvalue weighted by Gasteiger charge is 2.21. The maximum Gasteiger partial charge on any atom is 0.140 e. The van der Waals surface area contributed by atoms with Gasteiger partial charge >= 0.3 is 0 Å². The lowest BCUT2D eigenvalue weighted by Gasteiger charge is -2.20. The molecule has 1 unspecified atom stereocenters. The summed E-state index contributed by atoms with van der Waals surface area (Å²) in [5, 5.41) is 0. The number of ketones is 1. The number of allylic oxidation sites excluding steroid dienone is 2. The first-order valence-corrected chi connectivity index (χ1v) is 4.95. The van der Waals surface area contributed by atoms with Crippen LogP contribution in [-0.2, 0) is 4.79 Å². The average Bonchev–Trinajstić information content (AvgIpc) is 2.04. The molecule has 0 heterocycles. The van der Waals surface area contributed by atoms with Crippen molar-refractivity contribution in [1.29, 1.82) is 0 Å². The number of carbonyl (C=O) groups is 1. The third kappa shape index (κ3) is 2.20. The lowest BCUT2D eigenvalue weighted by molar-refractivity contribution is -0.122. The number of carbonyl (C=O) groups excluding carboxylic acids is 1. The Balaban J connectivity index is 2.52. The van der Waals surface area contributed by atoms with Gasteiger partial charge in [-0.05, 0) is 19.8 Å². The number of hydrogen-bond donors (Lipinski definition) is 0. The van der Waals surface area contributed by atoms with Gasteiger partial charge in [-0.1, -0.05) is 31.4 Å². The van der Waals surface area contributed by atoms with Gasteiger partial charge < -0.3 is 0 Å². The highest BCUT2D eigenvalue weighted by Crippen LogP contribution is 2.25. The van der Waals surface area contributed by atoms with Crippen molar-refractivity contribution in [2.75, 3.05) is 0 Å². The van der Waals surface area contributed by atoms with Gasteiger partial charge in [0.25, 0.3) is 0 Å². The summed E-state index contributed by atoms with van der Waals surface area (Å²) in [6.07, 6.45) is 7.40. The molecule has 0 aromatic heterocycles. The van der Waals surface area contributed by atoms with E-state index in [-0.39, 0.29) is 5.92 Å². The topological polar surface area (TPSA) is 17.1 Å². The molecule has 0 saturated carbocycles. The maximum absolute atomic E-state index is 11.5. The van der Waals surface area contributed by atoms with Crippen molar-refractivity contribution in [3.8, 4) is 0 Å². The molecule has 0 fully saturated rings. The molecule has 0 aromatic rings. The number of hydrogen-bond acceptors (Lipinski definition) is 1. The van der Waals surface area contributed by atoms with Crippen LogP contribution in [0.5, 0.6) is 0 Å². The highest BCUT2D eigenvalue weighted by atomic mass is 16.1. The Kier molecular flexibility index (Phi) is 3.51. The second-order valence-corrected chi connectivity index (χ2v) is 3.65. The lowest BCUT2D eigenvalue weighted by atomic mass is 9.84. The van der Waals surface area contributed by atoms with Crippen LogP contribution in [0.4, 0.5) is 0 Å². The Hall–Kier alpha value is -0.590. The number of unbranched alkanes of at least 4 members (excludes halogenated alkanes) is 1. The Bertz CT molecular complexity index is 191. The fourth-order valence-electron chi connectivity index (χ4n) is 1.81. The van der Waals surface area contributed by atoms with Gasteiger partial charge in [0.15, 0.2) is 0 Å². The Morgan fingerprint density at radius 1 is 1.58 bits per heavy atom. The monoisotopic (exact) mass is 166 g/mol. The van der Waals surface area contributed by atoms with Crippen LogP contribution >= 0.6 is 0 Å². The largest absolute Gasteiger partial charge is 0.299 e. The molecule has 0 aromatic carbocycles. The molecule has 1 atom stereocenters. The number of Topliss-reactive ketones (excluding diaryl/α,β-unsaturated/α-hetero) is 1. The van der Waals surface area contributed by atoms with E-state index in [0.29, 0.717) is 5.78 Å². The van der Waals surface area contributed by atoms with Crippen molar-refractivity contribution in [3.63, 3.8) is 0 Å². The molecule has 0 aliphatic heterocycles. The van der Waals surface area contributed by atoms with E-state index in [0.717, 1.165) is 19.3 Å². The van der Waals surface area contributed by atoms with Crippen molar-refractivity contribution in [3.05, 3.63) is 11.6 Å². The standard InChI is InChI=1S/C11H18O/c1-3-4-7-10-9(2)6-5-8-11(10)12/h6,10H,3-5,7-8H2,1-2H3. The van der Waals surface area contributed by atoms with Gasteiger partial charge in [0.2, 0.25) is 0 Å². The van der Waals surface area contributed by atoms with Crippen LogP contribution in [0.3, 0.4) is 0 Å². The predicted molar refractivity (Wildman–Crippen MR) is 51.0 cm³/mol. The summed E-state index contributed by atoms with van der Waals surface area (Å²) < 4.78 is 0. The van der Waals surface area contributed by atoms with Crippen molar-refractivity contribution in [2.45, 2.75) is 46.0 Å². The second-order valence-electron chi connectivity index (χ2n) is 3.65. The second kappa shape index (κ2) is 4.44. The molecular weight excluding hydrogens is 148 g/mol. The van der Waals surface area contributed by atoms with E-state index in [1.165, 1.54) is 18.4 Å². The summed E-state index contributed by atoms with van der Waals surface area (Å²) in [4.78, 5) is 11.5. The van der Waals surface area contributed by atoms with Crippen molar-refractivity contribution >= 4 is 5.78 Å². The van der Waals surface area contributed by atoms with Crippen LogP contribution < -0.4 is 0 Å². The Labute approximate surface area is 74.9 Å². The SMILES string of the molecule is CCCCC1C(=O)CCC=C1C. The molecule has 0 radical (unpaired) electrons. The fourth-order valence-corrected chi connectivity index (χ4v) is 1.81. The summed E-state index contributed by atoms with van der Waals surface area (Å²) >= 11 is 0. The van der Waals surface area contributed by atoms with E-state index in [1.807, 2.05) is 0 Å². The maximum atomic E-state index is 11.5. The molecule has 0 amide bonds. The highest BCUT2D eigenvalue weighted by molar-refractivity contribution is 5.84. The van der Waals surface area contributed by atoms with Crippen molar-refractivity contribution in [1.82, 2.24) is 0 Å². The van der Waals surface area contributed by atoms with E-state index in [2.05, 4.69) is 19.9 Å². The molecule has 0 bridgehead atoms. The Morgan fingerprint density at radius 3 is 2.92 bits per heavy atom. The van der Waals surface area contributed by atoms with Gasteiger partial charge in [-0.2, -0.15) is 0 Å². The molecule has 12 heavy (non-hydrogen) atoms. The molecule has 1 nitrogen and oxygen atoms in total. The van der Waals surface area contributed by atoms with Gasteiger partial charge in [0.1, 0.15) is 5.78 Å². The van der Waals surface area contributed by atoms with Crippen LogP contribution in [-0.4, -0.2) is 5.78 Å². The van der Waals surface area contributed by atoms with Crippen LogP contribution in [0, 0.1) is 5.92 Å². The van der Waals surface area contributed by atoms with E-state index in [4.69, 9.17) is 0 Å². The van der Waals surface area contributed by atoms with Gasteiger partial charge in [0, 0.05) is 12.3 Å². The normalized spacial score (nSPS) is 24.0. The summed E-state index contributed by atoms with van der Waals surface area (Å²) in [5.41, 5.74) is 1.31. The minimum Gasteiger partial charge on any atom is -0.299 e. The molecule has 1 aliphatic rings. The summed E-state index contributed by atoms with van der Waals surface area (Å²) in [5.74, 6) is 0.724. The minimum atomic E-state index is 0.263. The first-order chi connectivity index (χ1) is 5.75. The van der Waals surface area contributed by atoms with Crippen LogP contribution in [0.2, 0.25) is 0 Å². The minimum absolute atomic E-state index is 0.263. The number of rotatable bonds is 3. The van der Waals surface area contributed by atoms with E-state index in [9.17, 15) is 4.79 Å². The zero-order valence-corrected chi connectivity index (χ0v) is 8.10. The van der Waals surface area contributed by atoms with Crippen LogP contribution in [0.1, 0.15) is 46.0 Å². The molecule has 68 valence electrons. The van der Waals surface area contributed by atoms with Crippen LogP contribution in [0.25, 0.3) is 0 Å². The zero-order valence-electron chi connectivity index (χ0n) is 8.10. The van der Waals surface area contributed by atoms with Crippen molar-refractivity contribution < 1.29 is 4.79 Å². The quantitative estimate of drug-likeness (QED) is 0.589. The molecule has 0 spiro atoms. The van der Waals surface area contributed by atoms with Gasteiger partial charge in [-0.25, -0.2) is 0 Å². The lowest BCUT2D eigenvalue weighted by Crippen LogP contribution is -2.18. The van der Waals surface area contributed by atoms with Gasteiger partial charge in [-0.15, -0.1) is 0 Å². The molecule has 0 saturated heterocycles. The average molecular weight is 166 g/mol. The van der Waals surface area contributed by atoms with E-state index in [1.54, 1.807) is 0 Å². The summed E-state index contributed by atoms with van der Waals surface area (Å²) in [6.45, 7) is 4.27. The summed E-state index contributed by atoms with van der Waals surface area (Å²) in [6, 6.07) is 0. The van der Waals surface area contributed by atoms with Gasteiger partial charge in [0.05, 0.1) is 0 Å². The molecule has 1 aliphatic carbocycles. The third-order valence-corrected chi connectivity index (χ3v) is 2.64. The van der Waals surface area contributed by atoms with Crippen LogP contribution in [0.15, 0.2) is 11.6 Å². The third-order valence-electron chi connectivity index (χ3n) is 2.64. The van der Waals surface area contributed by atoms with E-state index < -0.39 is 0 Å². The Morgan fingerprint density at radius 2 is 2.33 bits per heavy atom. The first-order valence-electron chi connectivity index (χ1n) is 4.95.